The lowest BCUT2D eigenvalue weighted by molar-refractivity contribution is -0.185. The van der Waals surface area contributed by atoms with Crippen molar-refractivity contribution in [3.05, 3.63) is 0 Å². The third-order valence-corrected chi connectivity index (χ3v) is 1.67. The summed E-state index contributed by atoms with van der Waals surface area (Å²) in [4.78, 5) is 24.8. The Morgan fingerprint density at radius 2 is 2.45 bits per heavy atom. The van der Waals surface area contributed by atoms with E-state index in [9.17, 15) is 9.59 Å². The fourth-order valence-corrected chi connectivity index (χ4v) is 1.17. The summed E-state index contributed by atoms with van der Waals surface area (Å²) in [6.07, 6.45) is 1.30. The van der Waals surface area contributed by atoms with Gasteiger partial charge in [0.05, 0.1) is 0 Å². The number of hydroxylamine groups is 2. The Morgan fingerprint density at radius 3 is 3.00 bits per heavy atom. The normalized spacial score (nSPS) is 24.9. The molecule has 0 amide bonds. The third-order valence-electron chi connectivity index (χ3n) is 1.67. The summed E-state index contributed by atoms with van der Waals surface area (Å²) in [6.45, 7) is 0.761. The zero-order valence-electron chi connectivity index (χ0n) is 5.90. The molecule has 1 fully saturated rings. The van der Waals surface area contributed by atoms with Crippen molar-refractivity contribution in [1.82, 2.24) is 5.06 Å². The SMILES string of the molecule is O=CON1CCC[C@H]1C(=O)O. The van der Waals surface area contributed by atoms with Gasteiger partial charge in [-0.1, -0.05) is 0 Å². The Balaban J connectivity index is 2.50. The lowest BCUT2D eigenvalue weighted by Crippen LogP contribution is -2.35. The number of carboxylic acid groups (broad SMARTS) is 1. The summed E-state index contributed by atoms with van der Waals surface area (Å²) in [6, 6.07) is -0.653. The van der Waals surface area contributed by atoms with E-state index in [1.165, 1.54) is 5.06 Å². The average molecular weight is 159 g/mol. The first kappa shape index (κ1) is 8.00. The van der Waals surface area contributed by atoms with Gasteiger partial charge in [-0.25, -0.2) is 0 Å². The van der Waals surface area contributed by atoms with Crippen LogP contribution in [0, 0.1) is 0 Å². The summed E-state index contributed by atoms with van der Waals surface area (Å²) in [5, 5.41) is 9.76. The van der Waals surface area contributed by atoms with Gasteiger partial charge in [0.25, 0.3) is 0 Å². The van der Waals surface area contributed by atoms with E-state index in [0.29, 0.717) is 13.0 Å². The van der Waals surface area contributed by atoms with Gasteiger partial charge in [-0.15, -0.1) is 5.06 Å². The van der Waals surface area contributed by atoms with E-state index in [1.54, 1.807) is 0 Å². The van der Waals surface area contributed by atoms with E-state index < -0.39 is 12.0 Å². The first-order valence-electron chi connectivity index (χ1n) is 3.35. The second kappa shape index (κ2) is 3.34. The van der Waals surface area contributed by atoms with Gasteiger partial charge in [0, 0.05) is 6.54 Å². The van der Waals surface area contributed by atoms with Gasteiger partial charge in [-0.3, -0.25) is 9.59 Å². The zero-order valence-corrected chi connectivity index (χ0v) is 5.90. The molecule has 1 N–H and O–H groups in total. The Morgan fingerprint density at radius 1 is 1.73 bits per heavy atom. The number of carbonyl (C=O) groups excluding carboxylic acids is 1. The first-order chi connectivity index (χ1) is 5.25. The van der Waals surface area contributed by atoms with Crippen LogP contribution < -0.4 is 0 Å². The molecular weight excluding hydrogens is 150 g/mol. The van der Waals surface area contributed by atoms with E-state index in [1.807, 2.05) is 0 Å². The molecular formula is C6H9NO4. The molecule has 1 heterocycles. The molecule has 0 radical (unpaired) electrons. The highest BCUT2D eigenvalue weighted by atomic mass is 16.7. The highest BCUT2D eigenvalue weighted by molar-refractivity contribution is 5.73. The van der Waals surface area contributed by atoms with Crippen molar-refractivity contribution in [2.75, 3.05) is 6.54 Å². The van der Waals surface area contributed by atoms with E-state index in [-0.39, 0.29) is 6.47 Å². The molecule has 1 saturated heterocycles. The number of hydrogen-bond acceptors (Lipinski definition) is 4. The molecule has 11 heavy (non-hydrogen) atoms. The second-order valence-corrected chi connectivity index (χ2v) is 2.34. The van der Waals surface area contributed by atoms with E-state index >= 15 is 0 Å². The summed E-state index contributed by atoms with van der Waals surface area (Å²) in [5.74, 6) is -0.940. The first-order valence-corrected chi connectivity index (χ1v) is 3.35. The van der Waals surface area contributed by atoms with Crippen LogP contribution in [0.4, 0.5) is 0 Å². The van der Waals surface area contributed by atoms with Gasteiger partial charge in [0.1, 0.15) is 6.04 Å². The minimum Gasteiger partial charge on any atom is -0.480 e. The van der Waals surface area contributed by atoms with Gasteiger partial charge in [-0.2, -0.15) is 0 Å². The van der Waals surface area contributed by atoms with Crippen LogP contribution in [-0.4, -0.2) is 35.2 Å². The third kappa shape index (κ3) is 1.68. The zero-order chi connectivity index (χ0) is 8.27. The average Bonchev–Trinajstić information content (AvgIpc) is 2.36. The van der Waals surface area contributed by atoms with Crippen molar-refractivity contribution in [3.8, 4) is 0 Å². The Labute approximate surface area is 63.5 Å². The molecule has 0 unspecified atom stereocenters. The molecule has 62 valence electrons. The topological polar surface area (TPSA) is 66.8 Å². The molecule has 0 saturated carbocycles. The van der Waals surface area contributed by atoms with Gasteiger partial charge < -0.3 is 9.94 Å². The molecule has 0 aromatic heterocycles. The van der Waals surface area contributed by atoms with Crippen molar-refractivity contribution in [2.24, 2.45) is 0 Å². The number of rotatable bonds is 3. The molecule has 1 atom stereocenters. The maximum absolute atomic E-state index is 10.4. The quantitative estimate of drug-likeness (QED) is 0.569. The summed E-state index contributed by atoms with van der Waals surface area (Å²) < 4.78 is 0. The molecule has 0 bridgehead atoms. The van der Waals surface area contributed by atoms with E-state index in [4.69, 9.17) is 5.11 Å². The maximum atomic E-state index is 10.4. The van der Waals surface area contributed by atoms with Crippen LogP contribution in [-0.2, 0) is 14.4 Å². The number of hydrogen-bond donors (Lipinski definition) is 1. The van der Waals surface area contributed by atoms with Crippen molar-refractivity contribution < 1.29 is 19.5 Å². The van der Waals surface area contributed by atoms with Crippen molar-refractivity contribution >= 4 is 12.4 Å². The van der Waals surface area contributed by atoms with Crippen molar-refractivity contribution in [2.45, 2.75) is 18.9 Å². The monoisotopic (exact) mass is 159 g/mol. The van der Waals surface area contributed by atoms with Crippen LogP contribution in [0.2, 0.25) is 0 Å². The van der Waals surface area contributed by atoms with Gasteiger partial charge in [0.2, 0.25) is 0 Å². The molecule has 1 rings (SSSR count). The molecule has 1 aliphatic heterocycles. The molecule has 0 aromatic rings. The minimum atomic E-state index is -0.940. The van der Waals surface area contributed by atoms with Crippen LogP contribution in [0.5, 0.6) is 0 Å². The number of carbonyl (C=O) groups is 2. The lowest BCUT2D eigenvalue weighted by Gasteiger charge is -2.16. The Kier molecular flexibility index (Phi) is 2.43. The fourth-order valence-electron chi connectivity index (χ4n) is 1.17. The van der Waals surface area contributed by atoms with E-state index in [2.05, 4.69) is 4.84 Å². The number of carboxylic acids is 1. The minimum absolute atomic E-state index is 0.251. The van der Waals surface area contributed by atoms with Crippen LogP contribution >= 0.6 is 0 Å². The molecule has 5 nitrogen and oxygen atoms in total. The number of aliphatic carboxylic acids is 1. The maximum Gasteiger partial charge on any atom is 0.324 e. The van der Waals surface area contributed by atoms with Crippen LogP contribution in [0.25, 0.3) is 0 Å². The van der Waals surface area contributed by atoms with Gasteiger partial charge in [-0.05, 0) is 12.8 Å². The fraction of sp³-hybridized carbons (Fsp3) is 0.667. The van der Waals surface area contributed by atoms with Gasteiger partial charge in [0.15, 0.2) is 0 Å². The smallest absolute Gasteiger partial charge is 0.324 e. The summed E-state index contributed by atoms with van der Waals surface area (Å²) in [5.41, 5.74) is 0. The number of nitrogens with zero attached hydrogens (tertiary/aromatic N) is 1. The molecule has 0 aromatic carbocycles. The largest absolute Gasteiger partial charge is 0.480 e. The van der Waals surface area contributed by atoms with Crippen LogP contribution in [0.3, 0.4) is 0 Å². The van der Waals surface area contributed by atoms with Crippen LogP contribution in [0.15, 0.2) is 0 Å². The second-order valence-electron chi connectivity index (χ2n) is 2.34. The predicted octanol–water partition coefficient (Wildman–Crippen LogP) is -0.377. The van der Waals surface area contributed by atoms with Crippen molar-refractivity contribution in [3.63, 3.8) is 0 Å². The molecule has 0 aliphatic carbocycles. The van der Waals surface area contributed by atoms with E-state index in [0.717, 1.165) is 6.42 Å². The molecule has 1 aliphatic rings. The molecule has 5 heteroatoms. The van der Waals surface area contributed by atoms with Crippen LogP contribution in [0.1, 0.15) is 12.8 Å². The predicted molar refractivity (Wildman–Crippen MR) is 34.5 cm³/mol. The Hall–Kier alpha value is -1.10. The highest BCUT2D eigenvalue weighted by Gasteiger charge is 2.31. The van der Waals surface area contributed by atoms with Gasteiger partial charge >= 0.3 is 12.4 Å². The van der Waals surface area contributed by atoms with Crippen molar-refractivity contribution in [1.29, 1.82) is 0 Å². The Bertz CT molecular complexity index is 170. The molecule has 0 spiro atoms. The lowest BCUT2D eigenvalue weighted by atomic mass is 10.2. The highest BCUT2D eigenvalue weighted by Crippen LogP contribution is 2.16. The summed E-state index contributed by atoms with van der Waals surface area (Å²) in [7, 11) is 0. The standard InChI is InChI=1S/C6H9NO4/c8-4-11-7-3-1-2-5(7)6(9)10/h4-5H,1-3H2,(H,9,10)/t5-/m0/s1. The summed E-state index contributed by atoms with van der Waals surface area (Å²) >= 11 is 0.